The second-order valence-corrected chi connectivity index (χ2v) is 8.82. The molecule has 0 saturated heterocycles. The van der Waals surface area contributed by atoms with Crippen molar-refractivity contribution in [1.29, 1.82) is 0 Å². The van der Waals surface area contributed by atoms with Crippen molar-refractivity contribution in [1.82, 2.24) is 9.62 Å². The molecule has 2 amide bonds. The fraction of sp³-hybridized carbons (Fsp3) is 0.350. The van der Waals surface area contributed by atoms with E-state index in [1.807, 2.05) is 25.1 Å². The molecule has 0 unspecified atom stereocenters. The summed E-state index contributed by atoms with van der Waals surface area (Å²) in [6, 6.07) is 12.9. The summed E-state index contributed by atoms with van der Waals surface area (Å²) in [5.41, 5.74) is 3.98. The molecule has 27 heavy (non-hydrogen) atoms. The van der Waals surface area contributed by atoms with E-state index in [0.29, 0.717) is 37.5 Å². The lowest BCUT2D eigenvalue weighted by Crippen LogP contribution is -2.38. The Balaban J connectivity index is 1.60. The highest BCUT2D eigenvalue weighted by Gasteiger charge is 2.31. The maximum absolute atomic E-state index is 13.1. The first-order valence-electron chi connectivity index (χ1n) is 9.26. The normalized spacial score (nSPS) is 16.7. The number of rotatable bonds is 3. The molecular formula is C20H23N3O3S. The monoisotopic (exact) mass is 385 g/mol. The number of amides is 2. The minimum Gasteiger partial charge on any atom is -0.338 e. The molecule has 0 saturated carbocycles. The van der Waals surface area contributed by atoms with E-state index in [4.69, 9.17) is 0 Å². The molecule has 4 rings (SSSR count). The fourth-order valence-corrected chi connectivity index (χ4v) is 5.29. The molecule has 0 bridgehead atoms. The van der Waals surface area contributed by atoms with E-state index in [0.717, 1.165) is 23.2 Å². The highest BCUT2D eigenvalue weighted by molar-refractivity contribution is 7.89. The van der Waals surface area contributed by atoms with Crippen molar-refractivity contribution >= 4 is 21.7 Å². The fourth-order valence-electron chi connectivity index (χ4n) is 3.82. The number of anilines is 1. The van der Waals surface area contributed by atoms with Gasteiger partial charge in [0, 0.05) is 31.9 Å². The van der Waals surface area contributed by atoms with Crippen LogP contribution in [0.4, 0.5) is 10.5 Å². The van der Waals surface area contributed by atoms with Crippen LogP contribution in [0.5, 0.6) is 0 Å². The van der Waals surface area contributed by atoms with E-state index in [9.17, 15) is 13.2 Å². The van der Waals surface area contributed by atoms with Crippen LogP contribution < -0.4 is 10.2 Å². The zero-order chi connectivity index (χ0) is 19.0. The van der Waals surface area contributed by atoms with Crippen molar-refractivity contribution in [3.8, 4) is 0 Å². The Morgan fingerprint density at radius 3 is 2.56 bits per heavy atom. The number of benzene rings is 2. The Hall–Kier alpha value is -2.38. The maximum atomic E-state index is 13.1. The summed E-state index contributed by atoms with van der Waals surface area (Å²) in [5.74, 6) is 0. The SMILES string of the molecule is CCNC(=O)N1CCc2cc(S(=O)(=O)N3CCc4ccccc4C3)ccc21. The van der Waals surface area contributed by atoms with Crippen molar-refractivity contribution in [2.75, 3.05) is 24.5 Å². The number of sulfonamides is 1. The van der Waals surface area contributed by atoms with Crippen molar-refractivity contribution in [2.45, 2.75) is 31.2 Å². The first-order chi connectivity index (χ1) is 13.0. The predicted molar refractivity (Wildman–Crippen MR) is 104 cm³/mol. The summed E-state index contributed by atoms with van der Waals surface area (Å²) in [6.07, 6.45) is 1.39. The molecule has 0 aromatic heterocycles. The van der Waals surface area contributed by atoms with Gasteiger partial charge in [0.15, 0.2) is 0 Å². The Morgan fingerprint density at radius 2 is 1.78 bits per heavy atom. The van der Waals surface area contributed by atoms with Crippen LogP contribution in [-0.2, 0) is 29.4 Å². The Labute approximate surface area is 159 Å². The largest absolute Gasteiger partial charge is 0.338 e. The molecule has 0 atom stereocenters. The molecule has 2 aliphatic rings. The van der Waals surface area contributed by atoms with E-state index >= 15 is 0 Å². The zero-order valence-corrected chi connectivity index (χ0v) is 16.1. The third-order valence-corrected chi connectivity index (χ3v) is 7.09. The molecule has 0 spiro atoms. The van der Waals surface area contributed by atoms with Gasteiger partial charge in [-0.2, -0.15) is 4.31 Å². The zero-order valence-electron chi connectivity index (χ0n) is 15.3. The van der Waals surface area contributed by atoms with Crippen LogP contribution in [0.3, 0.4) is 0 Å². The van der Waals surface area contributed by atoms with Crippen LogP contribution in [0.25, 0.3) is 0 Å². The maximum Gasteiger partial charge on any atom is 0.321 e. The Kier molecular flexibility index (Phi) is 4.65. The molecule has 0 radical (unpaired) electrons. The van der Waals surface area contributed by atoms with E-state index in [2.05, 4.69) is 11.4 Å². The van der Waals surface area contributed by atoms with Gasteiger partial charge in [0.1, 0.15) is 0 Å². The van der Waals surface area contributed by atoms with Crippen LogP contribution >= 0.6 is 0 Å². The Morgan fingerprint density at radius 1 is 1.04 bits per heavy atom. The summed E-state index contributed by atoms with van der Waals surface area (Å²) in [4.78, 5) is 14.1. The van der Waals surface area contributed by atoms with Gasteiger partial charge in [-0.15, -0.1) is 0 Å². The topological polar surface area (TPSA) is 69.7 Å². The molecule has 2 aromatic rings. The summed E-state index contributed by atoms with van der Waals surface area (Å²) in [7, 11) is -3.56. The van der Waals surface area contributed by atoms with E-state index in [-0.39, 0.29) is 6.03 Å². The minimum atomic E-state index is -3.56. The molecule has 7 heteroatoms. The molecule has 2 aliphatic heterocycles. The number of hydrogen-bond acceptors (Lipinski definition) is 3. The van der Waals surface area contributed by atoms with E-state index < -0.39 is 10.0 Å². The van der Waals surface area contributed by atoms with Gasteiger partial charge in [0.05, 0.1) is 4.90 Å². The first-order valence-corrected chi connectivity index (χ1v) is 10.7. The number of fused-ring (bicyclic) bond motifs is 2. The minimum absolute atomic E-state index is 0.139. The quantitative estimate of drug-likeness (QED) is 0.883. The molecule has 6 nitrogen and oxygen atoms in total. The van der Waals surface area contributed by atoms with Gasteiger partial charge in [0.2, 0.25) is 10.0 Å². The smallest absolute Gasteiger partial charge is 0.321 e. The molecule has 142 valence electrons. The molecule has 0 aliphatic carbocycles. The number of nitrogens with zero attached hydrogens (tertiary/aromatic N) is 2. The summed E-state index contributed by atoms with van der Waals surface area (Å²) in [5, 5.41) is 2.79. The lowest BCUT2D eigenvalue weighted by atomic mass is 10.0. The van der Waals surface area contributed by atoms with E-state index in [1.165, 1.54) is 5.56 Å². The first kappa shape index (κ1) is 18.0. The van der Waals surface area contributed by atoms with Gasteiger partial charge in [-0.3, -0.25) is 4.90 Å². The molecular weight excluding hydrogens is 362 g/mol. The van der Waals surface area contributed by atoms with Crippen LogP contribution in [0.2, 0.25) is 0 Å². The average Bonchev–Trinajstić information content (AvgIpc) is 3.11. The Bertz CT molecular complexity index is 988. The number of urea groups is 1. The summed E-state index contributed by atoms with van der Waals surface area (Å²) >= 11 is 0. The van der Waals surface area contributed by atoms with Gasteiger partial charge in [-0.25, -0.2) is 13.2 Å². The van der Waals surface area contributed by atoms with E-state index in [1.54, 1.807) is 27.4 Å². The van der Waals surface area contributed by atoms with Crippen molar-refractivity contribution in [3.05, 3.63) is 59.2 Å². The summed E-state index contributed by atoms with van der Waals surface area (Å²) in [6.45, 7) is 3.90. The highest BCUT2D eigenvalue weighted by atomic mass is 32.2. The number of carbonyl (C=O) groups is 1. The van der Waals surface area contributed by atoms with Crippen LogP contribution in [0.15, 0.2) is 47.4 Å². The van der Waals surface area contributed by atoms with Crippen LogP contribution in [0.1, 0.15) is 23.6 Å². The number of carbonyl (C=O) groups excluding carboxylic acids is 1. The predicted octanol–water partition coefficient (Wildman–Crippen LogP) is 2.53. The third-order valence-electron chi connectivity index (χ3n) is 5.25. The van der Waals surface area contributed by atoms with Crippen molar-refractivity contribution < 1.29 is 13.2 Å². The lowest BCUT2D eigenvalue weighted by Gasteiger charge is -2.28. The highest BCUT2D eigenvalue weighted by Crippen LogP contribution is 2.32. The summed E-state index contributed by atoms with van der Waals surface area (Å²) < 4.78 is 27.8. The number of hydrogen-bond donors (Lipinski definition) is 1. The van der Waals surface area contributed by atoms with Gasteiger partial charge >= 0.3 is 6.03 Å². The molecule has 1 N–H and O–H groups in total. The van der Waals surface area contributed by atoms with Gasteiger partial charge in [0.25, 0.3) is 0 Å². The number of nitrogens with one attached hydrogen (secondary N) is 1. The average molecular weight is 385 g/mol. The van der Waals surface area contributed by atoms with Crippen LogP contribution in [-0.4, -0.2) is 38.4 Å². The lowest BCUT2D eigenvalue weighted by molar-refractivity contribution is 0.247. The van der Waals surface area contributed by atoms with Gasteiger partial charge in [-0.1, -0.05) is 24.3 Å². The second kappa shape index (κ2) is 6.98. The second-order valence-electron chi connectivity index (χ2n) is 6.88. The standard InChI is InChI=1S/C20H23N3O3S/c1-2-21-20(24)23-12-10-16-13-18(7-8-19(16)23)27(25,26)22-11-9-15-5-3-4-6-17(15)14-22/h3-8,13H,2,9-12,14H2,1H3,(H,21,24). The third kappa shape index (κ3) is 3.21. The van der Waals surface area contributed by atoms with Crippen molar-refractivity contribution in [2.24, 2.45) is 0 Å². The molecule has 0 fully saturated rings. The molecule has 2 heterocycles. The molecule has 2 aromatic carbocycles. The van der Waals surface area contributed by atoms with Crippen LogP contribution in [0, 0.1) is 0 Å². The van der Waals surface area contributed by atoms with Gasteiger partial charge < -0.3 is 5.32 Å². The van der Waals surface area contributed by atoms with Crippen molar-refractivity contribution in [3.63, 3.8) is 0 Å². The van der Waals surface area contributed by atoms with Gasteiger partial charge in [-0.05, 0) is 54.7 Å².